The second kappa shape index (κ2) is 11.5. The van der Waals surface area contributed by atoms with Crippen LogP contribution in [-0.4, -0.2) is 58.3 Å². The van der Waals surface area contributed by atoms with Crippen molar-refractivity contribution in [3.63, 3.8) is 0 Å². The quantitative estimate of drug-likeness (QED) is 0.107. The maximum atomic E-state index is 15.1. The number of rotatable bonds is 12. The maximum Gasteiger partial charge on any atom is 0.460 e. The Morgan fingerprint density at radius 1 is 0.543 bits per heavy atom. The van der Waals surface area contributed by atoms with Crippen LogP contribution < -0.4 is 9.47 Å². The molecule has 1 aromatic carbocycles. The molecule has 0 bridgehead atoms. The Balaban J connectivity index is 5.07. The first kappa shape index (κ1) is 40.3. The Labute approximate surface area is 239 Å². The Bertz CT molecular complexity index is 1300. The standard InChI is InChI=1S/C21H9F19O6/c1-3-8(41)45-11-6(13(22,23)16(28,29)19(34,35)36)5-7(14(24,25)17(30,31)20(37,38)43)12(46-9(42)4-2)10(11)15(26,27)18(32,33)21(39,40)44/h3-5,43-44H,1-2H2. The van der Waals surface area contributed by atoms with Gasteiger partial charge in [-0.25, -0.2) is 9.59 Å². The van der Waals surface area contributed by atoms with Gasteiger partial charge in [-0.2, -0.15) is 83.4 Å². The Morgan fingerprint density at radius 2 is 0.826 bits per heavy atom. The van der Waals surface area contributed by atoms with Gasteiger partial charge in [0.2, 0.25) is 0 Å². The third-order valence-electron chi connectivity index (χ3n) is 5.26. The Kier molecular flexibility index (Phi) is 10.0. The molecule has 46 heavy (non-hydrogen) atoms. The third-order valence-corrected chi connectivity index (χ3v) is 5.26. The van der Waals surface area contributed by atoms with Crippen LogP contribution in [0.15, 0.2) is 31.4 Å². The zero-order chi connectivity index (χ0) is 37.1. The second-order valence-electron chi connectivity index (χ2n) is 8.28. The van der Waals surface area contributed by atoms with Crippen LogP contribution in [-0.2, 0) is 27.4 Å². The van der Waals surface area contributed by atoms with E-state index in [9.17, 15) is 84.2 Å². The van der Waals surface area contributed by atoms with Gasteiger partial charge in [-0.15, -0.1) is 0 Å². The molecule has 0 fully saturated rings. The molecular weight excluding hydrogens is 709 g/mol. The summed E-state index contributed by atoms with van der Waals surface area (Å²) in [5.41, 5.74) is -12.7. The lowest BCUT2D eigenvalue weighted by atomic mass is 9.86. The van der Waals surface area contributed by atoms with Crippen molar-refractivity contribution in [3.8, 4) is 11.5 Å². The fraction of sp³-hybridized carbons (Fsp3) is 0.429. The van der Waals surface area contributed by atoms with Crippen molar-refractivity contribution in [2.75, 3.05) is 0 Å². The average molecular weight is 718 g/mol. The smallest absolute Gasteiger partial charge is 0.422 e. The fourth-order valence-corrected chi connectivity index (χ4v) is 2.95. The van der Waals surface area contributed by atoms with Crippen molar-refractivity contribution in [2.45, 2.75) is 53.9 Å². The second-order valence-corrected chi connectivity index (χ2v) is 8.28. The van der Waals surface area contributed by atoms with Crippen molar-refractivity contribution >= 4 is 11.9 Å². The van der Waals surface area contributed by atoms with E-state index in [4.69, 9.17) is 10.2 Å². The highest BCUT2D eigenvalue weighted by Crippen LogP contribution is 2.63. The highest BCUT2D eigenvalue weighted by Gasteiger charge is 2.79. The number of carbonyl (C=O) groups is 2. The number of carbonyl (C=O) groups excluding carboxylic acids is 2. The van der Waals surface area contributed by atoms with Crippen LogP contribution in [0.5, 0.6) is 11.5 Å². The molecule has 0 aliphatic heterocycles. The van der Waals surface area contributed by atoms with Crippen LogP contribution in [0.2, 0.25) is 0 Å². The minimum atomic E-state index is -7.87. The van der Waals surface area contributed by atoms with Gasteiger partial charge in [0, 0.05) is 12.2 Å². The van der Waals surface area contributed by atoms with Gasteiger partial charge in [-0.3, -0.25) is 0 Å². The summed E-state index contributed by atoms with van der Waals surface area (Å²) in [6, 6.07) is -2.06. The lowest BCUT2D eigenvalue weighted by Gasteiger charge is -2.36. The van der Waals surface area contributed by atoms with Crippen LogP contribution in [0.25, 0.3) is 0 Å². The molecule has 1 aromatic rings. The molecule has 0 aliphatic carbocycles. The van der Waals surface area contributed by atoms with E-state index < -0.39 is 112 Å². The summed E-state index contributed by atoms with van der Waals surface area (Å²) in [7, 11) is 0. The molecule has 0 unspecified atom stereocenters. The van der Waals surface area contributed by atoms with Gasteiger partial charge in [0.25, 0.3) is 0 Å². The van der Waals surface area contributed by atoms with Crippen LogP contribution in [0.3, 0.4) is 0 Å². The average Bonchev–Trinajstić information content (AvgIpc) is 2.85. The van der Waals surface area contributed by atoms with Crippen molar-refractivity contribution in [3.05, 3.63) is 48.1 Å². The molecule has 0 amide bonds. The number of benzene rings is 1. The number of aliphatic hydroxyl groups is 2. The molecule has 0 atom stereocenters. The minimum Gasteiger partial charge on any atom is -0.422 e. The largest absolute Gasteiger partial charge is 0.460 e. The van der Waals surface area contributed by atoms with Gasteiger partial charge < -0.3 is 19.7 Å². The van der Waals surface area contributed by atoms with Gasteiger partial charge in [-0.1, -0.05) is 13.2 Å². The lowest BCUT2D eigenvalue weighted by molar-refractivity contribution is -0.389. The predicted molar refractivity (Wildman–Crippen MR) is 105 cm³/mol. The van der Waals surface area contributed by atoms with E-state index in [0.29, 0.717) is 0 Å². The van der Waals surface area contributed by atoms with E-state index >= 15 is 8.78 Å². The summed E-state index contributed by atoms with van der Waals surface area (Å²) in [5.74, 6) is -59.2. The first-order valence-corrected chi connectivity index (χ1v) is 10.5. The molecule has 262 valence electrons. The molecule has 0 aliphatic rings. The molecule has 0 aromatic heterocycles. The molecule has 6 nitrogen and oxygen atoms in total. The van der Waals surface area contributed by atoms with E-state index in [0.717, 1.165) is 0 Å². The first-order valence-electron chi connectivity index (χ1n) is 10.5. The van der Waals surface area contributed by atoms with Gasteiger partial charge in [0.05, 0.1) is 11.1 Å². The predicted octanol–water partition coefficient (Wildman–Crippen LogP) is 6.78. The van der Waals surface area contributed by atoms with Crippen LogP contribution >= 0.6 is 0 Å². The monoisotopic (exact) mass is 718 g/mol. The van der Waals surface area contributed by atoms with Gasteiger partial charge in [0.1, 0.15) is 5.56 Å². The molecule has 0 saturated carbocycles. The van der Waals surface area contributed by atoms with E-state index in [1.54, 1.807) is 0 Å². The maximum absolute atomic E-state index is 15.1. The highest BCUT2D eigenvalue weighted by molar-refractivity contribution is 5.86. The first-order chi connectivity index (χ1) is 20.0. The summed E-state index contributed by atoms with van der Waals surface area (Å²) in [6.07, 6.45) is -23.2. The van der Waals surface area contributed by atoms with Crippen molar-refractivity contribution in [2.24, 2.45) is 0 Å². The van der Waals surface area contributed by atoms with Crippen LogP contribution in [0.4, 0.5) is 83.4 Å². The summed E-state index contributed by atoms with van der Waals surface area (Å²) < 4.78 is 272. The van der Waals surface area contributed by atoms with E-state index in [-0.39, 0.29) is 0 Å². The summed E-state index contributed by atoms with van der Waals surface area (Å²) in [4.78, 5) is 23.3. The Morgan fingerprint density at radius 3 is 1.09 bits per heavy atom. The highest BCUT2D eigenvalue weighted by atomic mass is 19.4. The molecule has 0 spiro atoms. The molecule has 1 rings (SSSR count). The topological polar surface area (TPSA) is 93.1 Å². The number of esters is 2. The van der Waals surface area contributed by atoms with E-state index in [2.05, 4.69) is 22.6 Å². The van der Waals surface area contributed by atoms with Crippen molar-refractivity contribution < 1.29 is 113 Å². The summed E-state index contributed by atoms with van der Waals surface area (Å²) >= 11 is 0. The SMILES string of the molecule is C=CC(=O)Oc1c(C(F)(F)C(F)(F)C(O)(F)F)cc(C(F)(F)C(F)(F)C(F)(F)F)c(OC(=O)C=C)c1C(F)(F)C(F)(F)C(O)(F)F. The number of hydrogen-bond acceptors (Lipinski definition) is 6. The van der Waals surface area contributed by atoms with E-state index in [1.165, 1.54) is 0 Å². The molecular formula is C21H9F19O6. The minimum absolute atomic E-state index is 0.475. The lowest BCUT2D eigenvalue weighted by Crippen LogP contribution is -2.54. The van der Waals surface area contributed by atoms with Crippen LogP contribution in [0, 0.1) is 0 Å². The zero-order valence-electron chi connectivity index (χ0n) is 20.9. The van der Waals surface area contributed by atoms with Crippen molar-refractivity contribution in [1.29, 1.82) is 0 Å². The molecule has 25 heteroatoms. The van der Waals surface area contributed by atoms with Crippen molar-refractivity contribution in [1.82, 2.24) is 0 Å². The number of ether oxygens (including phenoxy) is 2. The molecule has 0 saturated heterocycles. The van der Waals surface area contributed by atoms with Gasteiger partial charge in [-0.05, 0) is 6.07 Å². The van der Waals surface area contributed by atoms with Gasteiger partial charge >= 0.3 is 65.9 Å². The Hall–Kier alpha value is -3.77. The number of hydrogen-bond donors (Lipinski definition) is 2. The van der Waals surface area contributed by atoms with Gasteiger partial charge in [0.15, 0.2) is 11.5 Å². The molecule has 0 radical (unpaired) electrons. The number of halogens is 19. The van der Waals surface area contributed by atoms with E-state index in [1.807, 2.05) is 0 Å². The molecule has 0 heterocycles. The fourth-order valence-electron chi connectivity index (χ4n) is 2.95. The zero-order valence-corrected chi connectivity index (χ0v) is 20.9. The summed E-state index contributed by atoms with van der Waals surface area (Å²) in [6.45, 7) is 4.81. The molecule has 2 N–H and O–H groups in total. The summed E-state index contributed by atoms with van der Waals surface area (Å²) in [5, 5.41) is 16.5. The third kappa shape index (κ3) is 6.16. The van der Waals surface area contributed by atoms with Crippen LogP contribution in [0.1, 0.15) is 16.7 Å². The normalized spacial score (nSPS) is 14.5. The number of alkyl halides is 19.